The van der Waals surface area contributed by atoms with Gasteiger partial charge in [0.25, 0.3) is 0 Å². The molecule has 0 aliphatic rings. The molecule has 2 nitrogen and oxygen atoms in total. The SMILES string of the molecule is FC(F)(F)c1cccc(CNc2ccc3cc[nH]c3c2)c1. The average Bonchev–Trinajstić information content (AvgIpc) is 2.92. The Morgan fingerprint density at radius 3 is 2.67 bits per heavy atom. The fourth-order valence-electron chi connectivity index (χ4n) is 2.22. The van der Waals surface area contributed by atoms with Crippen LogP contribution in [0.25, 0.3) is 10.9 Å². The van der Waals surface area contributed by atoms with Crippen molar-refractivity contribution in [1.82, 2.24) is 4.98 Å². The first-order chi connectivity index (χ1) is 10.0. The summed E-state index contributed by atoms with van der Waals surface area (Å²) in [6.07, 6.45) is -2.46. The van der Waals surface area contributed by atoms with Crippen LogP contribution in [0.15, 0.2) is 54.7 Å². The summed E-state index contributed by atoms with van der Waals surface area (Å²) in [5.41, 5.74) is 1.82. The molecule has 0 bridgehead atoms. The van der Waals surface area contributed by atoms with E-state index in [0.29, 0.717) is 12.1 Å². The standard InChI is InChI=1S/C16H13F3N2/c17-16(18,19)13-3-1-2-11(8-13)10-21-14-5-4-12-6-7-20-15(12)9-14/h1-9,20-21H,10H2. The van der Waals surface area contributed by atoms with E-state index in [1.54, 1.807) is 6.07 Å². The first-order valence-electron chi connectivity index (χ1n) is 6.49. The Morgan fingerprint density at radius 1 is 1.00 bits per heavy atom. The summed E-state index contributed by atoms with van der Waals surface area (Å²) in [6, 6.07) is 13.1. The second-order valence-corrected chi connectivity index (χ2v) is 4.83. The van der Waals surface area contributed by atoms with Gasteiger partial charge in [-0.3, -0.25) is 0 Å². The molecule has 21 heavy (non-hydrogen) atoms. The van der Waals surface area contributed by atoms with Gasteiger partial charge in [0.1, 0.15) is 0 Å². The predicted molar refractivity (Wildman–Crippen MR) is 77.1 cm³/mol. The van der Waals surface area contributed by atoms with Crippen molar-refractivity contribution in [3.05, 3.63) is 65.9 Å². The van der Waals surface area contributed by atoms with Gasteiger partial charge in [-0.2, -0.15) is 13.2 Å². The summed E-state index contributed by atoms with van der Waals surface area (Å²) >= 11 is 0. The van der Waals surface area contributed by atoms with E-state index in [4.69, 9.17) is 0 Å². The van der Waals surface area contributed by atoms with Crippen LogP contribution >= 0.6 is 0 Å². The molecule has 0 saturated carbocycles. The van der Waals surface area contributed by atoms with Gasteiger partial charge < -0.3 is 10.3 Å². The van der Waals surface area contributed by atoms with Gasteiger partial charge in [0.15, 0.2) is 0 Å². The normalized spacial score (nSPS) is 11.8. The quantitative estimate of drug-likeness (QED) is 0.712. The largest absolute Gasteiger partial charge is 0.416 e. The Labute approximate surface area is 119 Å². The average molecular weight is 290 g/mol. The van der Waals surface area contributed by atoms with Crippen molar-refractivity contribution in [2.75, 3.05) is 5.32 Å². The van der Waals surface area contributed by atoms with Crippen LogP contribution in [-0.4, -0.2) is 4.98 Å². The van der Waals surface area contributed by atoms with Gasteiger partial charge in [-0.1, -0.05) is 18.2 Å². The molecule has 0 atom stereocenters. The lowest BCUT2D eigenvalue weighted by Gasteiger charge is -2.10. The number of rotatable bonds is 3. The molecule has 3 rings (SSSR count). The van der Waals surface area contributed by atoms with Gasteiger partial charge in [0.2, 0.25) is 0 Å². The predicted octanol–water partition coefficient (Wildman–Crippen LogP) is 4.80. The van der Waals surface area contributed by atoms with Gasteiger partial charge in [-0.05, 0) is 41.3 Å². The minimum Gasteiger partial charge on any atom is -0.381 e. The van der Waals surface area contributed by atoms with Crippen LogP contribution in [0.1, 0.15) is 11.1 Å². The fraction of sp³-hybridized carbons (Fsp3) is 0.125. The lowest BCUT2D eigenvalue weighted by molar-refractivity contribution is -0.137. The van der Waals surface area contributed by atoms with E-state index in [1.807, 2.05) is 30.5 Å². The Kier molecular flexibility index (Phi) is 3.33. The molecule has 1 aromatic heterocycles. The zero-order chi connectivity index (χ0) is 14.9. The number of aromatic amines is 1. The monoisotopic (exact) mass is 290 g/mol. The summed E-state index contributed by atoms with van der Waals surface area (Å²) in [5.74, 6) is 0. The van der Waals surface area contributed by atoms with Crippen molar-refractivity contribution in [3.63, 3.8) is 0 Å². The number of hydrogen-bond acceptors (Lipinski definition) is 1. The lowest BCUT2D eigenvalue weighted by atomic mass is 10.1. The van der Waals surface area contributed by atoms with Crippen molar-refractivity contribution >= 4 is 16.6 Å². The number of alkyl halides is 3. The number of nitrogens with one attached hydrogen (secondary N) is 2. The molecule has 0 radical (unpaired) electrons. The molecule has 0 spiro atoms. The van der Waals surface area contributed by atoms with Gasteiger partial charge in [0, 0.05) is 23.9 Å². The fourth-order valence-corrected chi connectivity index (χ4v) is 2.22. The maximum atomic E-state index is 12.6. The second-order valence-electron chi connectivity index (χ2n) is 4.83. The van der Waals surface area contributed by atoms with E-state index in [2.05, 4.69) is 10.3 Å². The first kappa shape index (κ1) is 13.5. The van der Waals surface area contributed by atoms with E-state index >= 15 is 0 Å². The van der Waals surface area contributed by atoms with Crippen molar-refractivity contribution < 1.29 is 13.2 Å². The molecule has 5 heteroatoms. The summed E-state index contributed by atoms with van der Waals surface area (Å²) in [7, 11) is 0. The Hall–Kier alpha value is -2.43. The third-order valence-electron chi connectivity index (χ3n) is 3.31. The maximum Gasteiger partial charge on any atom is 0.416 e. The van der Waals surface area contributed by atoms with E-state index in [-0.39, 0.29) is 0 Å². The van der Waals surface area contributed by atoms with Crippen LogP contribution in [0, 0.1) is 0 Å². The molecule has 2 aromatic carbocycles. The van der Waals surface area contributed by atoms with Crippen LogP contribution in [-0.2, 0) is 12.7 Å². The molecule has 3 aromatic rings. The van der Waals surface area contributed by atoms with E-state index in [9.17, 15) is 13.2 Å². The third-order valence-corrected chi connectivity index (χ3v) is 3.31. The highest BCUT2D eigenvalue weighted by atomic mass is 19.4. The molecule has 0 fully saturated rings. The molecule has 2 N–H and O–H groups in total. The van der Waals surface area contributed by atoms with Crippen LogP contribution in [0.4, 0.5) is 18.9 Å². The smallest absolute Gasteiger partial charge is 0.381 e. The van der Waals surface area contributed by atoms with E-state index in [0.717, 1.165) is 22.7 Å². The highest BCUT2D eigenvalue weighted by Gasteiger charge is 2.30. The number of halogens is 3. The number of anilines is 1. The van der Waals surface area contributed by atoms with Gasteiger partial charge >= 0.3 is 6.18 Å². The molecule has 0 aliphatic carbocycles. The van der Waals surface area contributed by atoms with Crippen molar-refractivity contribution in [2.24, 2.45) is 0 Å². The molecule has 0 saturated heterocycles. The van der Waals surface area contributed by atoms with Gasteiger partial charge in [0.05, 0.1) is 5.56 Å². The number of hydrogen-bond donors (Lipinski definition) is 2. The Morgan fingerprint density at radius 2 is 1.86 bits per heavy atom. The van der Waals surface area contributed by atoms with Gasteiger partial charge in [-0.25, -0.2) is 0 Å². The molecule has 1 heterocycles. The molecule has 108 valence electrons. The number of H-pyrrole nitrogens is 1. The molecule has 0 aliphatic heterocycles. The first-order valence-corrected chi connectivity index (χ1v) is 6.49. The minimum atomic E-state index is -4.31. The maximum absolute atomic E-state index is 12.6. The van der Waals surface area contributed by atoms with Gasteiger partial charge in [-0.15, -0.1) is 0 Å². The number of fused-ring (bicyclic) bond motifs is 1. The lowest BCUT2D eigenvalue weighted by Crippen LogP contribution is -2.06. The Balaban J connectivity index is 1.75. The highest BCUT2D eigenvalue weighted by Crippen LogP contribution is 2.29. The van der Waals surface area contributed by atoms with Crippen LogP contribution in [0.3, 0.4) is 0 Å². The molecule has 0 amide bonds. The molecular weight excluding hydrogens is 277 g/mol. The van der Waals surface area contributed by atoms with Crippen LogP contribution < -0.4 is 5.32 Å². The minimum absolute atomic E-state index is 0.343. The number of benzene rings is 2. The topological polar surface area (TPSA) is 27.8 Å². The van der Waals surface area contributed by atoms with E-state index < -0.39 is 11.7 Å². The van der Waals surface area contributed by atoms with Crippen LogP contribution in [0.2, 0.25) is 0 Å². The van der Waals surface area contributed by atoms with Crippen molar-refractivity contribution in [3.8, 4) is 0 Å². The third kappa shape index (κ3) is 3.02. The molecular formula is C16H13F3N2. The highest BCUT2D eigenvalue weighted by molar-refractivity contribution is 5.82. The van der Waals surface area contributed by atoms with Crippen molar-refractivity contribution in [1.29, 1.82) is 0 Å². The summed E-state index contributed by atoms with van der Waals surface area (Å²) < 4.78 is 37.9. The zero-order valence-corrected chi connectivity index (χ0v) is 11.0. The van der Waals surface area contributed by atoms with Crippen LogP contribution in [0.5, 0.6) is 0 Å². The summed E-state index contributed by atoms with van der Waals surface area (Å²) in [4.78, 5) is 3.10. The zero-order valence-electron chi connectivity index (χ0n) is 11.0. The molecule has 0 unspecified atom stereocenters. The number of aromatic nitrogens is 1. The second kappa shape index (κ2) is 5.16. The Bertz CT molecular complexity index is 759. The van der Waals surface area contributed by atoms with E-state index in [1.165, 1.54) is 12.1 Å². The summed E-state index contributed by atoms with van der Waals surface area (Å²) in [6.45, 7) is 0.343. The van der Waals surface area contributed by atoms with Crippen molar-refractivity contribution in [2.45, 2.75) is 12.7 Å². The summed E-state index contributed by atoms with van der Waals surface area (Å²) in [5, 5.41) is 4.23.